The first-order chi connectivity index (χ1) is 6.11. The van der Waals surface area contributed by atoms with E-state index in [0.29, 0.717) is 18.1 Å². The Morgan fingerprint density at radius 1 is 1.77 bits per heavy atom. The van der Waals surface area contributed by atoms with Gasteiger partial charge in [-0.3, -0.25) is 0 Å². The second-order valence-corrected chi connectivity index (χ2v) is 3.88. The zero-order valence-electron chi connectivity index (χ0n) is 7.47. The van der Waals surface area contributed by atoms with Gasteiger partial charge in [-0.2, -0.15) is 0 Å². The van der Waals surface area contributed by atoms with Crippen LogP contribution in [-0.4, -0.2) is 11.5 Å². The van der Waals surface area contributed by atoms with E-state index in [1.807, 2.05) is 13.0 Å². The molecular weight excluding hydrogens is 230 g/mol. The van der Waals surface area contributed by atoms with Crippen LogP contribution in [0.15, 0.2) is 23.3 Å². The molecular formula is C9H12BrN3. The van der Waals surface area contributed by atoms with Crippen molar-refractivity contribution < 1.29 is 0 Å². The zero-order chi connectivity index (χ0) is 9.84. The maximum atomic E-state index is 5.80. The number of nitrogens with one attached hydrogen (secondary N) is 1. The molecule has 0 bridgehead atoms. The van der Waals surface area contributed by atoms with Gasteiger partial charge in [-0.15, -0.1) is 0 Å². The van der Waals surface area contributed by atoms with Crippen LogP contribution < -0.4 is 11.1 Å². The van der Waals surface area contributed by atoms with Crippen molar-refractivity contribution in [2.45, 2.75) is 6.92 Å². The number of aromatic nitrogens is 1. The van der Waals surface area contributed by atoms with Gasteiger partial charge in [-0.25, -0.2) is 4.98 Å². The Morgan fingerprint density at radius 2 is 2.46 bits per heavy atom. The fourth-order valence-corrected chi connectivity index (χ4v) is 1.03. The van der Waals surface area contributed by atoms with E-state index < -0.39 is 0 Å². The molecule has 13 heavy (non-hydrogen) atoms. The summed E-state index contributed by atoms with van der Waals surface area (Å²) in [6.45, 7) is 6.28. The molecule has 1 rings (SSSR count). The van der Waals surface area contributed by atoms with E-state index >= 15 is 0 Å². The molecule has 0 spiro atoms. The van der Waals surface area contributed by atoms with Gasteiger partial charge >= 0.3 is 0 Å². The van der Waals surface area contributed by atoms with Crippen molar-refractivity contribution in [3.63, 3.8) is 0 Å². The Morgan fingerprint density at radius 3 is 3.08 bits per heavy atom. The number of aryl methyl sites for hydroxylation is 1. The molecule has 4 heteroatoms. The number of hydrogen-bond acceptors (Lipinski definition) is 3. The predicted molar refractivity (Wildman–Crippen MR) is 59.9 cm³/mol. The van der Waals surface area contributed by atoms with Crippen molar-refractivity contribution in [3.05, 3.63) is 28.9 Å². The number of hydrogen-bond donors (Lipinski definition) is 2. The van der Waals surface area contributed by atoms with Crippen LogP contribution in [0.3, 0.4) is 0 Å². The minimum atomic E-state index is 0.626. The first kappa shape index (κ1) is 10.1. The fraction of sp³-hybridized carbons (Fsp3) is 0.222. The predicted octanol–water partition coefficient (Wildman–Crippen LogP) is 2.29. The van der Waals surface area contributed by atoms with E-state index in [-0.39, 0.29) is 0 Å². The molecule has 0 aliphatic heterocycles. The van der Waals surface area contributed by atoms with Gasteiger partial charge in [0, 0.05) is 17.2 Å². The molecule has 1 aromatic heterocycles. The summed E-state index contributed by atoms with van der Waals surface area (Å²) in [4.78, 5) is 4.11. The normalized spacial score (nSPS) is 9.69. The van der Waals surface area contributed by atoms with Gasteiger partial charge in [0.05, 0.1) is 5.69 Å². The van der Waals surface area contributed by atoms with Crippen molar-refractivity contribution in [3.8, 4) is 0 Å². The summed E-state index contributed by atoms with van der Waals surface area (Å²) in [5.74, 6) is 0.709. The highest BCUT2D eigenvalue weighted by Crippen LogP contribution is 2.18. The first-order valence-corrected chi connectivity index (χ1v) is 4.69. The van der Waals surface area contributed by atoms with Gasteiger partial charge in [-0.1, -0.05) is 22.5 Å². The average molecular weight is 242 g/mol. The number of halogens is 1. The highest BCUT2D eigenvalue weighted by atomic mass is 79.9. The van der Waals surface area contributed by atoms with Gasteiger partial charge < -0.3 is 11.1 Å². The van der Waals surface area contributed by atoms with E-state index in [2.05, 4.69) is 32.8 Å². The molecule has 0 aliphatic rings. The molecule has 0 saturated carbocycles. The number of rotatable bonds is 3. The van der Waals surface area contributed by atoms with E-state index in [1.54, 1.807) is 6.20 Å². The lowest BCUT2D eigenvalue weighted by atomic mass is 10.2. The van der Waals surface area contributed by atoms with Crippen LogP contribution in [0.1, 0.15) is 5.56 Å². The second-order valence-electron chi connectivity index (χ2n) is 2.76. The summed E-state index contributed by atoms with van der Waals surface area (Å²) >= 11 is 3.25. The van der Waals surface area contributed by atoms with Gasteiger partial charge in [0.1, 0.15) is 5.82 Å². The second kappa shape index (κ2) is 4.28. The molecule has 3 N–H and O–H groups in total. The molecule has 0 aliphatic carbocycles. The third-order valence-electron chi connectivity index (χ3n) is 1.66. The summed E-state index contributed by atoms with van der Waals surface area (Å²) in [6.07, 6.45) is 1.73. The first-order valence-electron chi connectivity index (χ1n) is 3.89. The van der Waals surface area contributed by atoms with E-state index in [0.717, 1.165) is 10.0 Å². The maximum absolute atomic E-state index is 5.80. The molecule has 0 aromatic carbocycles. The van der Waals surface area contributed by atoms with Crippen LogP contribution in [0.5, 0.6) is 0 Å². The van der Waals surface area contributed by atoms with Crippen LogP contribution in [-0.2, 0) is 0 Å². The van der Waals surface area contributed by atoms with Gasteiger partial charge in [-0.05, 0) is 18.6 Å². The van der Waals surface area contributed by atoms with Gasteiger partial charge in [0.2, 0.25) is 0 Å². The van der Waals surface area contributed by atoms with Crippen LogP contribution in [0.25, 0.3) is 0 Å². The van der Waals surface area contributed by atoms with E-state index in [4.69, 9.17) is 5.73 Å². The van der Waals surface area contributed by atoms with Crippen LogP contribution in [0.2, 0.25) is 0 Å². The average Bonchev–Trinajstić information content (AvgIpc) is 2.07. The number of nitrogens with two attached hydrogens (primary N) is 1. The molecule has 0 atom stereocenters. The van der Waals surface area contributed by atoms with Gasteiger partial charge in [0.15, 0.2) is 0 Å². The van der Waals surface area contributed by atoms with Crippen LogP contribution >= 0.6 is 15.9 Å². The molecule has 0 amide bonds. The van der Waals surface area contributed by atoms with Gasteiger partial charge in [0.25, 0.3) is 0 Å². The minimum Gasteiger partial charge on any atom is -0.396 e. The third-order valence-corrected chi connectivity index (χ3v) is 1.94. The molecule has 3 nitrogen and oxygen atoms in total. The molecule has 70 valence electrons. The highest BCUT2D eigenvalue weighted by Gasteiger charge is 2.01. The third kappa shape index (κ3) is 2.73. The summed E-state index contributed by atoms with van der Waals surface area (Å²) < 4.78 is 0.871. The number of anilines is 2. The molecule has 0 saturated heterocycles. The Kier molecular flexibility index (Phi) is 3.31. The lowest BCUT2D eigenvalue weighted by molar-refractivity contribution is 1.21. The zero-order valence-corrected chi connectivity index (χ0v) is 9.06. The van der Waals surface area contributed by atoms with Crippen molar-refractivity contribution in [2.24, 2.45) is 0 Å². The number of pyridine rings is 1. The minimum absolute atomic E-state index is 0.626. The molecule has 1 aromatic rings. The summed E-state index contributed by atoms with van der Waals surface area (Å²) in [5, 5.41) is 3.07. The molecule has 1 heterocycles. The van der Waals surface area contributed by atoms with Crippen molar-refractivity contribution in [1.29, 1.82) is 0 Å². The highest BCUT2D eigenvalue weighted by molar-refractivity contribution is 9.11. The Labute approximate surface area is 86.2 Å². The summed E-state index contributed by atoms with van der Waals surface area (Å²) in [7, 11) is 0. The molecule has 0 unspecified atom stereocenters. The molecule has 0 fully saturated rings. The van der Waals surface area contributed by atoms with Crippen molar-refractivity contribution in [1.82, 2.24) is 4.98 Å². The van der Waals surface area contributed by atoms with E-state index in [1.165, 1.54) is 0 Å². The fourth-order valence-electron chi connectivity index (χ4n) is 0.890. The standard InChI is InChI=1S/C9H12BrN3/c1-6-3-4-12-9(8(6)11)13-5-7(2)10/h3-4H,2,5,11H2,1H3,(H,12,13). The number of nitrogens with zero attached hydrogens (tertiary/aromatic N) is 1. The number of nitrogen functional groups attached to an aromatic ring is 1. The maximum Gasteiger partial charge on any atom is 0.149 e. The van der Waals surface area contributed by atoms with Crippen molar-refractivity contribution in [2.75, 3.05) is 17.6 Å². The molecule has 0 radical (unpaired) electrons. The topological polar surface area (TPSA) is 50.9 Å². The lowest BCUT2D eigenvalue weighted by Gasteiger charge is -2.08. The summed E-state index contributed by atoms with van der Waals surface area (Å²) in [6, 6.07) is 1.88. The SMILES string of the molecule is C=C(Br)CNc1nccc(C)c1N. The Hall–Kier alpha value is -1.03. The van der Waals surface area contributed by atoms with Crippen molar-refractivity contribution >= 4 is 27.4 Å². The van der Waals surface area contributed by atoms with Crippen LogP contribution in [0.4, 0.5) is 11.5 Å². The monoisotopic (exact) mass is 241 g/mol. The quantitative estimate of drug-likeness (QED) is 0.854. The lowest BCUT2D eigenvalue weighted by Crippen LogP contribution is -2.06. The van der Waals surface area contributed by atoms with Crippen LogP contribution in [0, 0.1) is 6.92 Å². The Bertz CT molecular complexity index is 323. The smallest absolute Gasteiger partial charge is 0.149 e. The summed E-state index contributed by atoms with van der Waals surface area (Å²) in [5.41, 5.74) is 7.52. The largest absolute Gasteiger partial charge is 0.396 e. The van der Waals surface area contributed by atoms with E-state index in [9.17, 15) is 0 Å². The Balaban J connectivity index is 2.77.